The van der Waals surface area contributed by atoms with Crippen LogP contribution in [0.1, 0.15) is 0 Å². The maximum Gasteiger partial charge on any atom is 0.322 e. The van der Waals surface area contributed by atoms with Gasteiger partial charge in [-0.1, -0.05) is 0 Å². The molecule has 6 nitrogen and oxygen atoms in total. The molecule has 0 atom stereocenters. The van der Waals surface area contributed by atoms with E-state index in [9.17, 15) is 8.78 Å². The molecule has 106 valence electrons. The van der Waals surface area contributed by atoms with Gasteiger partial charge in [-0.3, -0.25) is 0 Å². The summed E-state index contributed by atoms with van der Waals surface area (Å²) in [5.41, 5.74) is 0.0218. The number of hydrogen-bond acceptors (Lipinski definition) is 6. The zero-order valence-electron chi connectivity index (χ0n) is 10.5. The lowest BCUT2D eigenvalue weighted by Gasteiger charge is -2.09. The van der Waals surface area contributed by atoms with Crippen LogP contribution < -0.4 is 15.4 Å². The molecule has 0 saturated heterocycles. The van der Waals surface area contributed by atoms with E-state index in [4.69, 9.17) is 4.74 Å². The lowest BCUT2D eigenvalue weighted by molar-refractivity contribution is 0.379. The van der Waals surface area contributed by atoms with Crippen LogP contribution in [0.3, 0.4) is 0 Å². The lowest BCUT2D eigenvalue weighted by atomic mass is 10.3. The van der Waals surface area contributed by atoms with Crippen molar-refractivity contribution in [1.29, 1.82) is 0 Å². The molecule has 20 heavy (non-hydrogen) atoms. The van der Waals surface area contributed by atoms with Gasteiger partial charge in [-0.2, -0.15) is 15.0 Å². The van der Waals surface area contributed by atoms with Gasteiger partial charge in [0.25, 0.3) is 0 Å². The summed E-state index contributed by atoms with van der Waals surface area (Å²) in [6.07, 6.45) is 0. The number of benzene rings is 1. The van der Waals surface area contributed by atoms with Crippen molar-refractivity contribution in [3.05, 3.63) is 28.2 Å². The molecule has 0 unspecified atom stereocenters. The number of anilines is 3. The zero-order chi connectivity index (χ0) is 14.7. The number of aromatic nitrogens is 3. The van der Waals surface area contributed by atoms with Gasteiger partial charge in [-0.05, 0) is 22.0 Å². The highest BCUT2D eigenvalue weighted by molar-refractivity contribution is 9.10. The van der Waals surface area contributed by atoms with E-state index < -0.39 is 11.6 Å². The first-order chi connectivity index (χ1) is 9.53. The van der Waals surface area contributed by atoms with Crippen molar-refractivity contribution in [2.24, 2.45) is 0 Å². The van der Waals surface area contributed by atoms with Crippen molar-refractivity contribution in [2.45, 2.75) is 0 Å². The van der Waals surface area contributed by atoms with Crippen molar-refractivity contribution < 1.29 is 13.5 Å². The number of hydrogen-bond donors (Lipinski definition) is 2. The van der Waals surface area contributed by atoms with Gasteiger partial charge in [0.1, 0.15) is 11.6 Å². The second kappa shape index (κ2) is 5.95. The topological polar surface area (TPSA) is 72.0 Å². The van der Waals surface area contributed by atoms with Crippen molar-refractivity contribution in [2.75, 3.05) is 24.8 Å². The molecule has 0 aliphatic carbocycles. The molecule has 0 fully saturated rings. The van der Waals surface area contributed by atoms with Crippen LogP contribution in [0.2, 0.25) is 0 Å². The first kappa shape index (κ1) is 14.4. The van der Waals surface area contributed by atoms with E-state index in [1.807, 2.05) is 0 Å². The number of nitrogens with one attached hydrogen (secondary N) is 2. The van der Waals surface area contributed by atoms with Crippen molar-refractivity contribution in [1.82, 2.24) is 15.0 Å². The Morgan fingerprint density at radius 1 is 1.10 bits per heavy atom. The van der Waals surface area contributed by atoms with E-state index in [2.05, 4.69) is 41.5 Å². The molecule has 2 rings (SSSR count). The Morgan fingerprint density at radius 2 is 1.80 bits per heavy atom. The Labute approximate surface area is 121 Å². The van der Waals surface area contributed by atoms with Gasteiger partial charge in [-0.25, -0.2) is 8.78 Å². The van der Waals surface area contributed by atoms with Crippen LogP contribution in [0.15, 0.2) is 16.6 Å². The maximum atomic E-state index is 13.6. The van der Waals surface area contributed by atoms with E-state index >= 15 is 0 Å². The summed E-state index contributed by atoms with van der Waals surface area (Å²) >= 11 is 2.98. The molecule has 0 bridgehead atoms. The van der Waals surface area contributed by atoms with E-state index in [1.165, 1.54) is 13.2 Å². The summed E-state index contributed by atoms with van der Waals surface area (Å²) in [5, 5.41) is 5.35. The average molecular weight is 346 g/mol. The smallest absolute Gasteiger partial charge is 0.322 e. The SMILES string of the molecule is CNc1nc(Nc2cc(Br)c(F)cc2F)nc(OC)n1. The van der Waals surface area contributed by atoms with E-state index in [0.717, 1.165) is 6.07 Å². The average Bonchev–Trinajstić information content (AvgIpc) is 2.44. The minimum Gasteiger partial charge on any atom is -0.467 e. The summed E-state index contributed by atoms with van der Waals surface area (Å²) in [4.78, 5) is 11.8. The van der Waals surface area contributed by atoms with E-state index in [-0.39, 0.29) is 28.1 Å². The largest absolute Gasteiger partial charge is 0.467 e. The quantitative estimate of drug-likeness (QED) is 0.830. The van der Waals surface area contributed by atoms with Gasteiger partial charge in [-0.15, -0.1) is 0 Å². The number of methoxy groups -OCH3 is 1. The third-order valence-corrected chi connectivity index (χ3v) is 2.89. The summed E-state index contributed by atoms with van der Waals surface area (Å²) in [5.74, 6) is -1.15. The van der Waals surface area contributed by atoms with Gasteiger partial charge >= 0.3 is 6.01 Å². The van der Waals surface area contributed by atoms with Gasteiger partial charge < -0.3 is 15.4 Å². The van der Waals surface area contributed by atoms with Crippen LogP contribution in [0.25, 0.3) is 0 Å². The fraction of sp³-hybridized carbons (Fsp3) is 0.182. The minimum absolute atomic E-state index is 0.0218. The highest BCUT2D eigenvalue weighted by Gasteiger charge is 2.11. The number of rotatable bonds is 4. The second-order valence-electron chi connectivity index (χ2n) is 3.59. The number of ether oxygens (including phenoxy) is 1. The molecule has 1 aromatic carbocycles. The normalized spacial score (nSPS) is 10.2. The van der Waals surface area contributed by atoms with Crippen LogP contribution in [0, 0.1) is 11.6 Å². The molecule has 0 aliphatic rings. The number of halogens is 3. The molecule has 0 spiro atoms. The molecule has 1 aromatic heterocycles. The van der Waals surface area contributed by atoms with Crippen molar-refractivity contribution in [3.63, 3.8) is 0 Å². The third kappa shape index (κ3) is 3.10. The Balaban J connectivity index is 2.36. The molecule has 0 saturated carbocycles. The van der Waals surface area contributed by atoms with Crippen LogP contribution in [0.5, 0.6) is 6.01 Å². The summed E-state index contributed by atoms with van der Waals surface area (Å²) in [7, 11) is 3.02. The Morgan fingerprint density at radius 3 is 2.45 bits per heavy atom. The first-order valence-corrected chi connectivity index (χ1v) is 6.22. The monoisotopic (exact) mass is 345 g/mol. The van der Waals surface area contributed by atoms with Gasteiger partial charge in [0.2, 0.25) is 11.9 Å². The Kier molecular flexibility index (Phi) is 4.28. The molecule has 1 heterocycles. The summed E-state index contributed by atoms with van der Waals surface area (Å²) in [6.45, 7) is 0. The highest BCUT2D eigenvalue weighted by atomic mass is 79.9. The molecule has 0 amide bonds. The van der Waals surface area contributed by atoms with Gasteiger partial charge in [0, 0.05) is 13.1 Å². The fourth-order valence-electron chi connectivity index (χ4n) is 1.35. The summed E-state index contributed by atoms with van der Waals surface area (Å²) < 4.78 is 31.8. The van der Waals surface area contributed by atoms with Crippen molar-refractivity contribution >= 4 is 33.5 Å². The van der Waals surface area contributed by atoms with Gasteiger partial charge in [0.15, 0.2) is 0 Å². The fourth-order valence-corrected chi connectivity index (χ4v) is 1.70. The first-order valence-electron chi connectivity index (χ1n) is 5.43. The molecular formula is C11H10BrF2N5O. The van der Waals surface area contributed by atoms with Gasteiger partial charge in [0.05, 0.1) is 17.3 Å². The van der Waals surface area contributed by atoms with E-state index in [0.29, 0.717) is 0 Å². The standard InChI is InChI=1S/C11H10BrF2N5O/c1-15-9-17-10(19-11(18-9)20-2)16-8-3-5(12)6(13)4-7(8)14/h3-4H,1-2H3,(H2,15,16,17,18,19). The minimum atomic E-state index is -0.768. The zero-order valence-corrected chi connectivity index (χ0v) is 12.1. The molecular weight excluding hydrogens is 336 g/mol. The second-order valence-corrected chi connectivity index (χ2v) is 4.44. The summed E-state index contributed by atoms with van der Waals surface area (Å²) in [6, 6.07) is 2.07. The van der Waals surface area contributed by atoms with Crippen LogP contribution in [0.4, 0.5) is 26.4 Å². The third-order valence-electron chi connectivity index (χ3n) is 2.28. The van der Waals surface area contributed by atoms with Crippen LogP contribution in [-0.2, 0) is 0 Å². The molecule has 2 aromatic rings. The van der Waals surface area contributed by atoms with Crippen molar-refractivity contribution in [3.8, 4) is 6.01 Å². The highest BCUT2D eigenvalue weighted by Crippen LogP contribution is 2.26. The molecule has 0 radical (unpaired) electrons. The van der Waals surface area contributed by atoms with Crippen LogP contribution in [-0.4, -0.2) is 29.1 Å². The molecule has 2 N–H and O–H groups in total. The predicted molar refractivity (Wildman–Crippen MR) is 73.3 cm³/mol. The Hall–Kier alpha value is -2.03. The lowest BCUT2D eigenvalue weighted by Crippen LogP contribution is -2.06. The maximum absolute atomic E-state index is 13.6. The predicted octanol–water partition coefficient (Wildman–Crippen LogP) is 2.71. The number of nitrogens with zero attached hydrogens (tertiary/aromatic N) is 3. The molecule has 9 heteroatoms. The molecule has 0 aliphatic heterocycles. The van der Waals surface area contributed by atoms with Crippen LogP contribution >= 0.6 is 15.9 Å². The van der Waals surface area contributed by atoms with E-state index in [1.54, 1.807) is 7.05 Å². The Bertz CT molecular complexity index is 618.